The van der Waals surface area contributed by atoms with Gasteiger partial charge in [0.25, 0.3) is 0 Å². The molecule has 0 atom stereocenters. The Labute approximate surface area is 119 Å². The van der Waals surface area contributed by atoms with Gasteiger partial charge in [0.1, 0.15) is 0 Å². The minimum atomic E-state index is -0.0950. The highest BCUT2D eigenvalue weighted by Crippen LogP contribution is 2.31. The summed E-state index contributed by atoms with van der Waals surface area (Å²) in [5.74, 6) is -0.0950. The predicted molar refractivity (Wildman–Crippen MR) is 78.0 cm³/mol. The molecule has 0 fully saturated rings. The highest BCUT2D eigenvalue weighted by Gasteiger charge is 2.07. The van der Waals surface area contributed by atoms with Crippen LogP contribution in [0.5, 0.6) is 0 Å². The van der Waals surface area contributed by atoms with Crippen LogP contribution in [0, 0.1) is 0 Å². The predicted octanol–water partition coefficient (Wildman–Crippen LogP) is 2.12. The molecule has 2 rings (SSSR count). The first kappa shape index (κ1) is 14.0. The lowest BCUT2D eigenvalue weighted by molar-refractivity contribution is -0.119. The first-order valence-electron chi connectivity index (χ1n) is 5.75. The fraction of sp³-hybridized carbons (Fsp3) is 0.333. The van der Waals surface area contributed by atoms with E-state index < -0.39 is 0 Å². The number of benzene rings is 1. The Morgan fingerprint density at radius 3 is 3.11 bits per heavy atom. The summed E-state index contributed by atoms with van der Waals surface area (Å²) in [7, 11) is 1.59. The monoisotopic (exact) mass is 299 g/mol. The summed E-state index contributed by atoms with van der Waals surface area (Å²) in [5.41, 5.74) is 0.833. The molecule has 1 aromatic carbocycles. The van der Waals surface area contributed by atoms with Crippen LogP contribution in [0.1, 0.15) is 0 Å². The fourth-order valence-electron chi connectivity index (χ4n) is 1.50. The molecule has 0 aliphatic rings. The third-order valence-corrected chi connectivity index (χ3v) is 3.88. The van der Waals surface area contributed by atoms with Crippen molar-refractivity contribution in [1.82, 2.24) is 10.3 Å². The number of carbonyl (C=O) groups excluding carboxylic acids is 1. The van der Waals surface area contributed by atoms with Crippen LogP contribution in [-0.2, 0) is 9.53 Å². The van der Waals surface area contributed by atoms with Crippen molar-refractivity contribution in [2.45, 2.75) is 0 Å². The number of aromatic nitrogens is 1. The van der Waals surface area contributed by atoms with E-state index in [2.05, 4.69) is 15.6 Å². The van der Waals surface area contributed by atoms with Gasteiger partial charge in [-0.3, -0.25) is 4.79 Å². The number of hydrogen-bond donors (Lipinski definition) is 2. The molecule has 0 unspecified atom stereocenters. The van der Waals surface area contributed by atoms with Gasteiger partial charge in [-0.25, -0.2) is 4.98 Å². The number of fused-ring (bicyclic) bond motifs is 1. The molecular weight excluding hydrogens is 286 g/mol. The molecule has 2 aromatic rings. The lowest BCUT2D eigenvalue weighted by Crippen LogP contribution is -2.32. The highest BCUT2D eigenvalue weighted by molar-refractivity contribution is 7.22. The van der Waals surface area contributed by atoms with E-state index in [4.69, 9.17) is 16.3 Å². The number of thiazole rings is 1. The number of ether oxygens (including phenoxy) is 1. The Hall–Kier alpha value is -1.37. The van der Waals surface area contributed by atoms with Crippen LogP contribution in [-0.4, -0.2) is 37.7 Å². The third-order valence-electron chi connectivity index (χ3n) is 2.40. The second-order valence-electron chi connectivity index (χ2n) is 3.80. The molecule has 0 saturated heterocycles. The normalized spacial score (nSPS) is 10.6. The van der Waals surface area contributed by atoms with Gasteiger partial charge in [0.2, 0.25) is 5.91 Å². The van der Waals surface area contributed by atoms with E-state index >= 15 is 0 Å². The molecule has 102 valence electrons. The van der Waals surface area contributed by atoms with E-state index in [0.29, 0.717) is 23.3 Å². The average Bonchev–Trinajstić information content (AvgIpc) is 2.81. The molecule has 1 heterocycles. The molecule has 0 bridgehead atoms. The maximum absolute atomic E-state index is 11.5. The van der Waals surface area contributed by atoms with Crippen molar-refractivity contribution in [2.24, 2.45) is 0 Å². The second-order valence-corrected chi connectivity index (χ2v) is 5.21. The van der Waals surface area contributed by atoms with Crippen molar-refractivity contribution in [1.29, 1.82) is 0 Å². The molecular formula is C12H14ClN3O2S. The molecule has 0 aliphatic carbocycles. The van der Waals surface area contributed by atoms with Gasteiger partial charge in [0.05, 0.1) is 28.4 Å². The summed E-state index contributed by atoms with van der Waals surface area (Å²) in [5, 5.41) is 7.07. The number of nitrogens with zero attached hydrogens (tertiary/aromatic N) is 1. The number of rotatable bonds is 6. The number of carbonyl (C=O) groups is 1. The van der Waals surface area contributed by atoms with E-state index in [-0.39, 0.29) is 12.5 Å². The zero-order valence-corrected chi connectivity index (χ0v) is 12.0. The molecule has 5 nitrogen and oxygen atoms in total. The van der Waals surface area contributed by atoms with Crippen molar-refractivity contribution in [2.75, 3.05) is 32.1 Å². The Morgan fingerprint density at radius 2 is 2.37 bits per heavy atom. The smallest absolute Gasteiger partial charge is 0.239 e. The van der Waals surface area contributed by atoms with E-state index in [1.807, 2.05) is 18.2 Å². The molecule has 19 heavy (non-hydrogen) atoms. The first-order chi connectivity index (χ1) is 9.20. The number of amides is 1. The lowest BCUT2D eigenvalue weighted by Gasteiger charge is -2.04. The summed E-state index contributed by atoms with van der Waals surface area (Å²) in [6, 6.07) is 5.57. The minimum absolute atomic E-state index is 0.0950. The van der Waals surface area contributed by atoms with Crippen molar-refractivity contribution in [3.05, 3.63) is 23.2 Å². The third kappa shape index (κ3) is 3.79. The molecule has 7 heteroatoms. The summed E-state index contributed by atoms with van der Waals surface area (Å²) in [4.78, 5) is 15.9. The summed E-state index contributed by atoms with van der Waals surface area (Å²) < 4.78 is 5.77. The summed E-state index contributed by atoms with van der Waals surface area (Å²) in [6.45, 7) is 1.19. The van der Waals surface area contributed by atoms with Crippen molar-refractivity contribution >= 4 is 44.2 Å². The molecule has 0 aliphatic heterocycles. The van der Waals surface area contributed by atoms with Gasteiger partial charge < -0.3 is 15.4 Å². The standard InChI is InChI=1S/C12H14ClN3O2S/c1-18-6-5-14-10(17)7-15-12-16-9-4-2-3-8(13)11(9)19-12/h2-4H,5-7H2,1H3,(H,14,17)(H,15,16). The Kier molecular flexibility index (Phi) is 4.95. The van der Waals surface area contributed by atoms with Crippen LogP contribution in [0.15, 0.2) is 18.2 Å². The van der Waals surface area contributed by atoms with Gasteiger partial charge >= 0.3 is 0 Å². The van der Waals surface area contributed by atoms with Crippen LogP contribution in [0.4, 0.5) is 5.13 Å². The maximum atomic E-state index is 11.5. The van der Waals surface area contributed by atoms with Crippen LogP contribution >= 0.6 is 22.9 Å². The van der Waals surface area contributed by atoms with Gasteiger partial charge in [-0.1, -0.05) is 29.0 Å². The van der Waals surface area contributed by atoms with E-state index in [9.17, 15) is 4.79 Å². The van der Waals surface area contributed by atoms with Crippen molar-refractivity contribution in [3.8, 4) is 0 Å². The molecule has 2 N–H and O–H groups in total. The SMILES string of the molecule is COCCNC(=O)CNc1nc2cccc(Cl)c2s1. The van der Waals surface area contributed by atoms with Gasteiger partial charge in [-0.05, 0) is 12.1 Å². The zero-order chi connectivity index (χ0) is 13.7. The number of halogens is 1. The Balaban J connectivity index is 1.91. The van der Waals surface area contributed by atoms with E-state index in [0.717, 1.165) is 10.2 Å². The van der Waals surface area contributed by atoms with Crippen LogP contribution in [0.3, 0.4) is 0 Å². The van der Waals surface area contributed by atoms with Gasteiger partial charge in [0.15, 0.2) is 5.13 Å². The second kappa shape index (κ2) is 6.70. The highest BCUT2D eigenvalue weighted by atomic mass is 35.5. The first-order valence-corrected chi connectivity index (χ1v) is 6.94. The van der Waals surface area contributed by atoms with Gasteiger partial charge in [-0.15, -0.1) is 0 Å². The number of hydrogen-bond acceptors (Lipinski definition) is 5. The average molecular weight is 300 g/mol. The zero-order valence-electron chi connectivity index (χ0n) is 10.4. The van der Waals surface area contributed by atoms with Crippen LogP contribution < -0.4 is 10.6 Å². The Morgan fingerprint density at radius 1 is 1.53 bits per heavy atom. The van der Waals surface area contributed by atoms with Gasteiger partial charge in [0, 0.05) is 13.7 Å². The lowest BCUT2D eigenvalue weighted by atomic mass is 10.3. The van der Waals surface area contributed by atoms with Crippen LogP contribution in [0.25, 0.3) is 10.2 Å². The summed E-state index contributed by atoms with van der Waals surface area (Å²) in [6.07, 6.45) is 0. The molecule has 0 spiro atoms. The largest absolute Gasteiger partial charge is 0.383 e. The number of methoxy groups -OCH3 is 1. The topological polar surface area (TPSA) is 63.2 Å². The Bertz CT molecular complexity index is 573. The minimum Gasteiger partial charge on any atom is -0.383 e. The molecule has 1 aromatic heterocycles. The summed E-state index contributed by atoms with van der Waals surface area (Å²) >= 11 is 7.50. The molecule has 1 amide bonds. The van der Waals surface area contributed by atoms with E-state index in [1.165, 1.54) is 11.3 Å². The van der Waals surface area contributed by atoms with Crippen LogP contribution in [0.2, 0.25) is 5.02 Å². The number of anilines is 1. The molecule has 0 radical (unpaired) electrons. The fourth-order valence-corrected chi connectivity index (χ4v) is 2.65. The molecule has 0 saturated carbocycles. The number of nitrogens with one attached hydrogen (secondary N) is 2. The van der Waals surface area contributed by atoms with Gasteiger partial charge in [-0.2, -0.15) is 0 Å². The quantitative estimate of drug-likeness (QED) is 0.802. The van der Waals surface area contributed by atoms with Crippen molar-refractivity contribution in [3.63, 3.8) is 0 Å². The van der Waals surface area contributed by atoms with Crippen molar-refractivity contribution < 1.29 is 9.53 Å². The van der Waals surface area contributed by atoms with E-state index in [1.54, 1.807) is 7.11 Å². The maximum Gasteiger partial charge on any atom is 0.239 e.